The van der Waals surface area contributed by atoms with Crippen LogP contribution in [0.2, 0.25) is 0 Å². The van der Waals surface area contributed by atoms with Gasteiger partial charge in [-0.1, -0.05) is 45.9 Å². The number of rotatable bonds is 9. The van der Waals surface area contributed by atoms with Crippen LogP contribution in [0, 0.1) is 11.8 Å². The van der Waals surface area contributed by atoms with Crippen molar-refractivity contribution in [3.63, 3.8) is 0 Å². The summed E-state index contributed by atoms with van der Waals surface area (Å²) in [6.07, 6.45) is 1.97. The molecule has 0 aliphatic carbocycles. The van der Waals surface area contributed by atoms with Crippen molar-refractivity contribution in [2.75, 3.05) is 19.6 Å². The van der Waals surface area contributed by atoms with Gasteiger partial charge < -0.3 is 10.2 Å². The van der Waals surface area contributed by atoms with Crippen LogP contribution in [0.4, 0.5) is 0 Å². The highest BCUT2D eigenvalue weighted by molar-refractivity contribution is 5.96. The van der Waals surface area contributed by atoms with Crippen molar-refractivity contribution in [2.24, 2.45) is 11.8 Å². The smallest absolute Gasteiger partial charge is 0.251 e. The zero-order valence-corrected chi connectivity index (χ0v) is 14.8. The van der Waals surface area contributed by atoms with Gasteiger partial charge in [-0.15, -0.1) is 0 Å². The third-order valence-corrected chi connectivity index (χ3v) is 3.74. The summed E-state index contributed by atoms with van der Waals surface area (Å²) in [4.78, 5) is 26.3. The molecular weight excluding hydrogens is 288 g/mol. The van der Waals surface area contributed by atoms with Crippen molar-refractivity contribution in [1.29, 1.82) is 0 Å². The standard InChI is InChI=1S/C19H30N2O2/c1-15(2)10-12-21(13-11-16(3)4)18(22)14-20-19(23)17-8-6-5-7-9-17/h5-9,15-16H,10-14H2,1-4H3,(H,20,23). The van der Waals surface area contributed by atoms with Gasteiger partial charge in [-0.25, -0.2) is 0 Å². The molecule has 0 heterocycles. The monoisotopic (exact) mass is 318 g/mol. The first-order valence-corrected chi connectivity index (χ1v) is 8.51. The average Bonchev–Trinajstić information content (AvgIpc) is 2.52. The number of nitrogens with one attached hydrogen (secondary N) is 1. The first-order chi connectivity index (χ1) is 10.9. The molecule has 1 aromatic carbocycles. The van der Waals surface area contributed by atoms with E-state index in [1.165, 1.54) is 0 Å². The molecule has 0 unspecified atom stereocenters. The lowest BCUT2D eigenvalue weighted by Gasteiger charge is -2.24. The van der Waals surface area contributed by atoms with E-state index in [2.05, 4.69) is 33.0 Å². The van der Waals surface area contributed by atoms with Crippen LogP contribution in [0.15, 0.2) is 30.3 Å². The Hall–Kier alpha value is -1.84. The Morgan fingerprint density at radius 2 is 1.48 bits per heavy atom. The Labute approximate surface area is 140 Å². The number of hydrogen-bond acceptors (Lipinski definition) is 2. The van der Waals surface area contributed by atoms with E-state index >= 15 is 0 Å². The quantitative estimate of drug-likeness (QED) is 0.759. The number of carbonyl (C=O) groups is 2. The van der Waals surface area contributed by atoms with Gasteiger partial charge in [0.1, 0.15) is 0 Å². The summed E-state index contributed by atoms with van der Waals surface area (Å²) in [5.41, 5.74) is 0.580. The highest BCUT2D eigenvalue weighted by Gasteiger charge is 2.15. The SMILES string of the molecule is CC(C)CCN(CCC(C)C)C(=O)CNC(=O)c1ccccc1. The minimum atomic E-state index is -0.202. The fourth-order valence-electron chi connectivity index (χ4n) is 2.15. The summed E-state index contributed by atoms with van der Waals surface area (Å²) in [7, 11) is 0. The molecule has 128 valence electrons. The third kappa shape index (κ3) is 7.82. The van der Waals surface area contributed by atoms with Crippen LogP contribution in [0.5, 0.6) is 0 Å². The lowest BCUT2D eigenvalue weighted by molar-refractivity contribution is -0.130. The maximum absolute atomic E-state index is 12.4. The van der Waals surface area contributed by atoms with Crippen molar-refractivity contribution in [3.8, 4) is 0 Å². The molecule has 0 aliphatic rings. The van der Waals surface area contributed by atoms with Gasteiger partial charge in [0, 0.05) is 18.7 Å². The van der Waals surface area contributed by atoms with Crippen LogP contribution in [-0.2, 0) is 4.79 Å². The average molecular weight is 318 g/mol. The Kier molecular flexibility index (Phi) is 8.38. The Balaban J connectivity index is 2.52. The Morgan fingerprint density at radius 1 is 0.957 bits per heavy atom. The molecule has 0 bridgehead atoms. The predicted molar refractivity (Wildman–Crippen MR) is 94.3 cm³/mol. The van der Waals surface area contributed by atoms with E-state index in [4.69, 9.17) is 0 Å². The second-order valence-corrected chi connectivity index (χ2v) is 6.79. The fourth-order valence-corrected chi connectivity index (χ4v) is 2.15. The molecule has 23 heavy (non-hydrogen) atoms. The third-order valence-electron chi connectivity index (χ3n) is 3.74. The number of benzene rings is 1. The van der Waals surface area contributed by atoms with Gasteiger partial charge in [0.25, 0.3) is 5.91 Å². The van der Waals surface area contributed by atoms with E-state index in [0.29, 0.717) is 17.4 Å². The molecule has 0 fully saturated rings. The lowest BCUT2D eigenvalue weighted by atomic mass is 10.1. The molecule has 0 aromatic heterocycles. The van der Waals surface area contributed by atoms with E-state index in [0.717, 1.165) is 25.9 Å². The summed E-state index contributed by atoms with van der Waals surface area (Å²) in [6, 6.07) is 8.98. The first-order valence-electron chi connectivity index (χ1n) is 8.51. The summed E-state index contributed by atoms with van der Waals surface area (Å²) in [5.74, 6) is 0.911. The summed E-state index contributed by atoms with van der Waals surface area (Å²) in [5, 5.41) is 2.72. The second kappa shape index (κ2) is 10.0. The zero-order valence-electron chi connectivity index (χ0n) is 14.8. The number of carbonyl (C=O) groups excluding carboxylic acids is 2. The van der Waals surface area contributed by atoms with Gasteiger partial charge >= 0.3 is 0 Å². The highest BCUT2D eigenvalue weighted by atomic mass is 16.2. The van der Waals surface area contributed by atoms with Gasteiger partial charge in [-0.3, -0.25) is 9.59 Å². The van der Waals surface area contributed by atoms with Crippen LogP contribution in [0.1, 0.15) is 50.9 Å². The molecule has 1 rings (SSSR count). The number of hydrogen-bond donors (Lipinski definition) is 1. The largest absolute Gasteiger partial charge is 0.343 e. The van der Waals surface area contributed by atoms with E-state index in [-0.39, 0.29) is 18.4 Å². The zero-order chi connectivity index (χ0) is 17.2. The second-order valence-electron chi connectivity index (χ2n) is 6.79. The van der Waals surface area contributed by atoms with Gasteiger partial charge in [-0.05, 0) is 36.8 Å². The highest BCUT2D eigenvalue weighted by Crippen LogP contribution is 2.07. The van der Waals surface area contributed by atoms with Crippen LogP contribution in [0.25, 0.3) is 0 Å². The maximum Gasteiger partial charge on any atom is 0.251 e. The van der Waals surface area contributed by atoms with Gasteiger partial charge in [0.2, 0.25) is 5.91 Å². The van der Waals surface area contributed by atoms with E-state index in [1.54, 1.807) is 12.1 Å². The van der Waals surface area contributed by atoms with Crippen LogP contribution in [-0.4, -0.2) is 36.3 Å². The lowest BCUT2D eigenvalue weighted by Crippen LogP contribution is -2.41. The molecule has 0 atom stereocenters. The van der Waals surface area contributed by atoms with Crippen molar-refractivity contribution in [3.05, 3.63) is 35.9 Å². The molecule has 0 radical (unpaired) electrons. The summed E-state index contributed by atoms with van der Waals surface area (Å²) in [6.45, 7) is 10.2. The van der Waals surface area contributed by atoms with E-state index < -0.39 is 0 Å². The molecule has 0 saturated heterocycles. The molecule has 1 aromatic rings. The molecule has 4 nitrogen and oxygen atoms in total. The Bertz CT molecular complexity index is 471. The van der Waals surface area contributed by atoms with E-state index in [1.807, 2.05) is 23.1 Å². The van der Waals surface area contributed by atoms with Crippen LogP contribution < -0.4 is 5.32 Å². The summed E-state index contributed by atoms with van der Waals surface area (Å²) < 4.78 is 0. The topological polar surface area (TPSA) is 49.4 Å². The maximum atomic E-state index is 12.4. The van der Waals surface area contributed by atoms with Gasteiger partial charge in [0.05, 0.1) is 6.54 Å². The number of amides is 2. The van der Waals surface area contributed by atoms with Crippen molar-refractivity contribution >= 4 is 11.8 Å². The molecule has 0 spiro atoms. The van der Waals surface area contributed by atoms with Gasteiger partial charge in [-0.2, -0.15) is 0 Å². The Morgan fingerprint density at radius 3 is 1.96 bits per heavy atom. The predicted octanol–water partition coefficient (Wildman–Crippen LogP) is 3.34. The number of nitrogens with zero attached hydrogens (tertiary/aromatic N) is 1. The van der Waals surface area contributed by atoms with Crippen molar-refractivity contribution in [1.82, 2.24) is 10.2 Å². The molecule has 0 aliphatic heterocycles. The van der Waals surface area contributed by atoms with E-state index in [9.17, 15) is 9.59 Å². The minimum Gasteiger partial charge on any atom is -0.343 e. The normalized spacial score (nSPS) is 10.9. The van der Waals surface area contributed by atoms with Crippen molar-refractivity contribution < 1.29 is 9.59 Å². The first kappa shape index (κ1) is 19.2. The molecule has 2 amide bonds. The molecule has 0 saturated carbocycles. The molecule has 1 N–H and O–H groups in total. The minimum absolute atomic E-state index is 0.00409. The fraction of sp³-hybridized carbons (Fsp3) is 0.579. The van der Waals surface area contributed by atoms with Gasteiger partial charge in [0.15, 0.2) is 0 Å². The summed E-state index contributed by atoms with van der Waals surface area (Å²) >= 11 is 0. The van der Waals surface area contributed by atoms with Crippen LogP contribution in [0.3, 0.4) is 0 Å². The van der Waals surface area contributed by atoms with Crippen LogP contribution >= 0.6 is 0 Å². The molecule has 4 heteroatoms. The molecular formula is C19H30N2O2. The van der Waals surface area contributed by atoms with Crippen molar-refractivity contribution in [2.45, 2.75) is 40.5 Å².